The molecular weight excluding hydrogens is 300 g/mol. The second kappa shape index (κ2) is 6.62. The van der Waals surface area contributed by atoms with Gasteiger partial charge in [-0.15, -0.1) is 0 Å². The highest BCUT2D eigenvalue weighted by Crippen LogP contribution is 2.18. The highest BCUT2D eigenvalue weighted by molar-refractivity contribution is 5.88. The number of amides is 1. The molecule has 7 nitrogen and oxygen atoms in total. The normalized spacial score (nSPS) is 16.4. The minimum Gasteiger partial charge on any atom is -0.478 e. The summed E-state index contributed by atoms with van der Waals surface area (Å²) in [5.74, 6) is 0.0674. The van der Waals surface area contributed by atoms with Crippen molar-refractivity contribution in [2.24, 2.45) is 0 Å². The predicted molar refractivity (Wildman–Crippen MR) is 83.5 cm³/mol. The Morgan fingerprint density at radius 2 is 1.87 bits per heavy atom. The molecule has 128 valence electrons. The van der Waals surface area contributed by atoms with Gasteiger partial charge in [-0.3, -0.25) is 4.90 Å². The maximum absolute atomic E-state index is 12.0. The van der Waals surface area contributed by atoms with E-state index < -0.39 is 11.6 Å². The van der Waals surface area contributed by atoms with E-state index in [1.54, 1.807) is 17.9 Å². The van der Waals surface area contributed by atoms with Crippen LogP contribution in [0, 0.1) is 6.92 Å². The largest absolute Gasteiger partial charge is 0.478 e. The van der Waals surface area contributed by atoms with Crippen molar-refractivity contribution in [2.75, 3.05) is 26.2 Å². The van der Waals surface area contributed by atoms with Gasteiger partial charge in [-0.05, 0) is 33.8 Å². The van der Waals surface area contributed by atoms with Crippen molar-refractivity contribution in [2.45, 2.75) is 39.8 Å². The molecule has 1 aliphatic rings. The zero-order valence-corrected chi connectivity index (χ0v) is 14.1. The third-order valence-electron chi connectivity index (χ3n) is 3.60. The van der Waals surface area contributed by atoms with E-state index in [-0.39, 0.29) is 11.7 Å². The van der Waals surface area contributed by atoms with Crippen LogP contribution in [0.5, 0.6) is 0 Å². The van der Waals surface area contributed by atoms with Crippen LogP contribution >= 0.6 is 0 Å². The van der Waals surface area contributed by atoms with Crippen LogP contribution in [0.1, 0.15) is 42.6 Å². The molecule has 0 unspecified atom stereocenters. The van der Waals surface area contributed by atoms with Crippen LogP contribution in [-0.4, -0.2) is 58.7 Å². The lowest BCUT2D eigenvalue weighted by molar-refractivity contribution is 0.0134. The first-order chi connectivity index (χ1) is 10.7. The Hall–Kier alpha value is -2.02. The molecule has 0 aromatic carbocycles. The second-order valence-electron chi connectivity index (χ2n) is 6.73. The van der Waals surface area contributed by atoms with E-state index in [1.165, 1.54) is 0 Å². The van der Waals surface area contributed by atoms with Crippen LogP contribution in [0.25, 0.3) is 0 Å². The van der Waals surface area contributed by atoms with E-state index in [2.05, 4.69) is 4.90 Å². The van der Waals surface area contributed by atoms with Crippen molar-refractivity contribution in [3.63, 3.8) is 0 Å². The number of carbonyl (C=O) groups is 2. The fourth-order valence-corrected chi connectivity index (χ4v) is 2.47. The lowest BCUT2D eigenvalue weighted by Crippen LogP contribution is -2.49. The molecule has 0 spiro atoms. The zero-order valence-electron chi connectivity index (χ0n) is 14.1. The minimum absolute atomic E-state index is 0.201. The Morgan fingerprint density at radius 3 is 2.35 bits per heavy atom. The van der Waals surface area contributed by atoms with Gasteiger partial charge in [0.2, 0.25) is 0 Å². The fraction of sp³-hybridized carbons (Fsp3) is 0.625. The van der Waals surface area contributed by atoms with Crippen LogP contribution < -0.4 is 0 Å². The van der Waals surface area contributed by atoms with Gasteiger partial charge in [0.05, 0.1) is 6.54 Å². The van der Waals surface area contributed by atoms with E-state index in [1.807, 2.05) is 20.8 Å². The number of carboxylic acid groups (broad SMARTS) is 1. The van der Waals surface area contributed by atoms with Gasteiger partial charge < -0.3 is 19.2 Å². The van der Waals surface area contributed by atoms with Gasteiger partial charge in [0, 0.05) is 26.2 Å². The second-order valence-corrected chi connectivity index (χ2v) is 6.73. The molecule has 1 aromatic rings. The van der Waals surface area contributed by atoms with Crippen LogP contribution in [0.15, 0.2) is 10.5 Å². The summed E-state index contributed by atoms with van der Waals surface area (Å²) in [5, 5.41) is 9.04. The lowest BCUT2D eigenvalue weighted by atomic mass is 10.2. The molecule has 1 amide bonds. The Labute approximate surface area is 135 Å². The Balaban J connectivity index is 1.86. The summed E-state index contributed by atoms with van der Waals surface area (Å²) in [5.41, 5.74) is -0.292. The predicted octanol–water partition coefficient (Wildman–Crippen LogP) is 2.34. The molecule has 1 N–H and O–H groups in total. The van der Waals surface area contributed by atoms with Gasteiger partial charge in [-0.2, -0.15) is 0 Å². The molecule has 0 radical (unpaired) electrons. The quantitative estimate of drug-likeness (QED) is 0.919. The van der Waals surface area contributed by atoms with Gasteiger partial charge in [0.25, 0.3) is 0 Å². The zero-order chi connectivity index (χ0) is 17.2. The third kappa shape index (κ3) is 4.72. The Kier molecular flexibility index (Phi) is 4.99. The van der Waals surface area contributed by atoms with Crippen LogP contribution in [0.2, 0.25) is 0 Å². The monoisotopic (exact) mass is 324 g/mol. The number of piperazine rings is 1. The molecule has 23 heavy (non-hydrogen) atoms. The van der Waals surface area contributed by atoms with Gasteiger partial charge >= 0.3 is 12.1 Å². The Morgan fingerprint density at radius 1 is 1.26 bits per heavy atom. The van der Waals surface area contributed by atoms with Gasteiger partial charge in [0.15, 0.2) is 0 Å². The van der Waals surface area contributed by atoms with Crippen molar-refractivity contribution in [3.05, 3.63) is 23.2 Å². The summed E-state index contributed by atoms with van der Waals surface area (Å²) in [6.07, 6.45) is -0.292. The van der Waals surface area contributed by atoms with Crippen molar-refractivity contribution in [1.29, 1.82) is 0 Å². The average molecular weight is 324 g/mol. The number of carbonyl (C=O) groups excluding carboxylic acids is 1. The van der Waals surface area contributed by atoms with Gasteiger partial charge in [0.1, 0.15) is 22.7 Å². The summed E-state index contributed by atoms with van der Waals surface area (Å²) in [6.45, 7) is 10.3. The summed E-state index contributed by atoms with van der Waals surface area (Å²) in [7, 11) is 0. The highest BCUT2D eigenvalue weighted by atomic mass is 16.6. The lowest BCUT2D eigenvalue weighted by Gasteiger charge is -2.35. The highest BCUT2D eigenvalue weighted by Gasteiger charge is 2.26. The van der Waals surface area contributed by atoms with Gasteiger partial charge in [-0.25, -0.2) is 9.59 Å². The number of hydrogen-bond acceptors (Lipinski definition) is 5. The first-order valence-electron chi connectivity index (χ1n) is 7.68. The number of nitrogens with zero attached hydrogens (tertiary/aromatic N) is 2. The van der Waals surface area contributed by atoms with Crippen molar-refractivity contribution >= 4 is 12.1 Å². The number of aryl methyl sites for hydroxylation is 1. The summed E-state index contributed by atoms with van der Waals surface area (Å²) < 4.78 is 10.9. The number of hydrogen-bond donors (Lipinski definition) is 1. The molecule has 1 aromatic heterocycles. The van der Waals surface area contributed by atoms with Crippen LogP contribution in [-0.2, 0) is 11.3 Å². The summed E-state index contributed by atoms with van der Waals surface area (Å²) >= 11 is 0. The molecule has 0 aliphatic carbocycles. The molecular formula is C16H24N2O5. The topological polar surface area (TPSA) is 83.2 Å². The molecule has 1 fully saturated rings. The van der Waals surface area contributed by atoms with Gasteiger partial charge in [-0.1, -0.05) is 0 Å². The third-order valence-corrected chi connectivity index (χ3v) is 3.60. The van der Waals surface area contributed by atoms with E-state index in [4.69, 9.17) is 14.3 Å². The molecule has 2 heterocycles. The first-order valence-corrected chi connectivity index (χ1v) is 7.68. The number of aromatic carboxylic acids is 1. The van der Waals surface area contributed by atoms with E-state index in [0.717, 1.165) is 0 Å². The Bertz CT molecular complexity index is 580. The van der Waals surface area contributed by atoms with E-state index in [9.17, 15) is 9.59 Å². The number of furan rings is 1. The molecule has 1 saturated heterocycles. The number of carboxylic acids is 1. The SMILES string of the molecule is Cc1oc(CN2CCN(C(=O)OC(C)(C)C)CC2)cc1C(=O)O. The molecule has 2 rings (SSSR count). The van der Waals surface area contributed by atoms with Crippen LogP contribution in [0.4, 0.5) is 4.79 Å². The molecule has 1 aliphatic heterocycles. The maximum atomic E-state index is 12.0. The first kappa shape index (κ1) is 17.3. The van der Waals surface area contributed by atoms with E-state index >= 15 is 0 Å². The number of ether oxygens (including phenoxy) is 1. The summed E-state index contributed by atoms with van der Waals surface area (Å²) in [6, 6.07) is 1.57. The van der Waals surface area contributed by atoms with Crippen LogP contribution in [0.3, 0.4) is 0 Å². The average Bonchev–Trinajstić information content (AvgIpc) is 2.78. The van der Waals surface area contributed by atoms with Crippen molar-refractivity contribution in [3.8, 4) is 0 Å². The molecule has 7 heteroatoms. The number of rotatable bonds is 3. The molecule has 0 bridgehead atoms. The molecule has 0 saturated carbocycles. The minimum atomic E-state index is -0.979. The van der Waals surface area contributed by atoms with Crippen molar-refractivity contribution in [1.82, 2.24) is 9.80 Å². The van der Waals surface area contributed by atoms with E-state index in [0.29, 0.717) is 44.2 Å². The van der Waals surface area contributed by atoms with Crippen molar-refractivity contribution < 1.29 is 23.8 Å². The molecule has 0 atom stereocenters. The fourth-order valence-electron chi connectivity index (χ4n) is 2.47. The smallest absolute Gasteiger partial charge is 0.410 e. The standard InChI is InChI=1S/C16H24N2O5/c1-11-13(14(19)20)9-12(22-11)10-17-5-7-18(8-6-17)15(21)23-16(2,3)4/h9H,5-8,10H2,1-4H3,(H,19,20). The summed E-state index contributed by atoms with van der Waals surface area (Å²) in [4.78, 5) is 26.9. The maximum Gasteiger partial charge on any atom is 0.410 e.